The smallest absolute Gasteiger partial charge is 0.410 e. The van der Waals surface area contributed by atoms with Crippen molar-refractivity contribution < 1.29 is 23.5 Å². The molecule has 3 heterocycles. The number of anilines is 1. The van der Waals surface area contributed by atoms with Crippen molar-refractivity contribution in [3.05, 3.63) is 89.8 Å². The average molecular weight is 600 g/mol. The van der Waals surface area contributed by atoms with Crippen LogP contribution in [-0.2, 0) is 4.74 Å². The lowest BCUT2D eigenvalue weighted by Gasteiger charge is -2.36. The van der Waals surface area contributed by atoms with Crippen molar-refractivity contribution in [3.63, 3.8) is 0 Å². The second-order valence-electron chi connectivity index (χ2n) is 11.6. The number of nitrogens with zero attached hydrogens (tertiary/aromatic N) is 4. The number of amides is 3. The molecule has 1 atom stereocenters. The highest BCUT2D eigenvalue weighted by Crippen LogP contribution is 2.34. The fourth-order valence-corrected chi connectivity index (χ4v) is 5.15. The zero-order valence-corrected chi connectivity index (χ0v) is 24.7. The van der Waals surface area contributed by atoms with Crippen molar-refractivity contribution in [1.29, 1.82) is 0 Å². The summed E-state index contributed by atoms with van der Waals surface area (Å²) in [6, 6.07) is 15.4. The average Bonchev–Trinajstić information content (AvgIpc) is 3.34. The first kappa shape index (κ1) is 30.2. The molecule has 1 aliphatic heterocycles. The van der Waals surface area contributed by atoms with Crippen molar-refractivity contribution in [3.8, 4) is 22.4 Å². The van der Waals surface area contributed by atoms with Gasteiger partial charge in [0.15, 0.2) is 11.5 Å². The predicted octanol–water partition coefficient (Wildman–Crippen LogP) is 5.28. The first-order valence-corrected chi connectivity index (χ1v) is 14.2. The van der Waals surface area contributed by atoms with Crippen LogP contribution in [0.15, 0.2) is 66.9 Å². The number of primary amides is 1. The molecule has 2 aromatic heterocycles. The first-order valence-electron chi connectivity index (χ1n) is 14.2. The van der Waals surface area contributed by atoms with E-state index in [0.29, 0.717) is 35.7 Å². The Labute approximate surface area is 254 Å². The van der Waals surface area contributed by atoms with Gasteiger partial charge in [-0.1, -0.05) is 24.3 Å². The number of hydrogen-bond acceptors (Lipinski definition) is 7. The largest absolute Gasteiger partial charge is 0.444 e. The Morgan fingerprint density at radius 1 is 0.977 bits per heavy atom. The summed E-state index contributed by atoms with van der Waals surface area (Å²) in [5.74, 6) is 5.48. The molecule has 5 rings (SSSR count). The fraction of sp³-hybridized carbons (Fsp3) is 0.281. The third-order valence-corrected chi connectivity index (χ3v) is 7.20. The number of hydrogen-bond donors (Lipinski definition) is 3. The molecule has 44 heavy (non-hydrogen) atoms. The van der Waals surface area contributed by atoms with Gasteiger partial charge >= 0.3 is 6.09 Å². The summed E-state index contributed by atoms with van der Waals surface area (Å²) >= 11 is 0. The third-order valence-electron chi connectivity index (χ3n) is 7.20. The molecule has 5 N–H and O–H groups in total. The van der Waals surface area contributed by atoms with E-state index in [4.69, 9.17) is 21.3 Å². The molecular weight excluding hydrogens is 565 g/mol. The van der Waals surface area contributed by atoms with Crippen molar-refractivity contribution in [2.75, 3.05) is 17.7 Å². The Morgan fingerprint density at radius 3 is 2.32 bits per heavy atom. The quantitative estimate of drug-likeness (QED) is 0.254. The lowest BCUT2D eigenvalue weighted by atomic mass is 10.0. The van der Waals surface area contributed by atoms with Crippen molar-refractivity contribution in [1.82, 2.24) is 19.5 Å². The van der Waals surface area contributed by atoms with E-state index in [0.717, 1.165) is 28.6 Å². The third kappa shape index (κ3) is 6.54. The molecule has 1 aliphatic rings. The highest BCUT2D eigenvalue weighted by atomic mass is 19.1. The Morgan fingerprint density at radius 2 is 1.66 bits per heavy atom. The molecule has 11 nitrogen and oxygen atoms in total. The summed E-state index contributed by atoms with van der Waals surface area (Å²) < 4.78 is 20.1. The number of pyridine rings is 1. The van der Waals surface area contributed by atoms with Gasteiger partial charge in [0.2, 0.25) is 0 Å². The number of aromatic nitrogens is 3. The number of carbonyl (C=O) groups excluding carboxylic acids is 3. The number of imidazole rings is 1. The van der Waals surface area contributed by atoms with E-state index in [1.165, 1.54) is 12.1 Å². The number of nitrogens with one attached hydrogen (secondary N) is 1. The molecular formula is C32H34FN7O4. The number of likely N-dealkylation sites (tertiary alicyclic amines) is 1. The van der Waals surface area contributed by atoms with E-state index in [1.54, 1.807) is 80.4 Å². The number of carbonyl (C=O) groups is 3. The molecule has 0 aliphatic carbocycles. The van der Waals surface area contributed by atoms with Gasteiger partial charge in [-0.2, -0.15) is 0 Å². The summed E-state index contributed by atoms with van der Waals surface area (Å²) in [6.45, 7) is 5.84. The Kier molecular flexibility index (Phi) is 8.34. The second kappa shape index (κ2) is 12.2. The maximum Gasteiger partial charge on any atom is 0.410 e. The summed E-state index contributed by atoms with van der Waals surface area (Å²) in [6.07, 6.45) is 3.29. The zero-order chi connectivity index (χ0) is 31.6. The van der Waals surface area contributed by atoms with Crippen LogP contribution in [0, 0.1) is 5.82 Å². The number of nitrogen functional groups attached to an aromatic ring is 1. The van der Waals surface area contributed by atoms with E-state index in [1.807, 2.05) is 0 Å². The van der Waals surface area contributed by atoms with Gasteiger partial charge in [0.25, 0.3) is 11.8 Å². The van der Waals surface area contributed by atoms with Gasteiger partial charge in [0.05, 0.1) is 6.04 Å². The Bertz CT molecular complexity index is 1700. The Hall–Kier alpha value is -5.26. The minimum atomic E-state index is -0.783. The van der Waals surface area contributed by atoms with Gasteiger partial charge in [-0.3, -0.25) is 14.5 Å². The van der Waals surface area contributed by atoms with Gasteiger partial charge in [-0.15, -0.1) is 0 Å². The molecule has 1 saturated heterocycles. The van der Waals surface area contributed by atoms with Crippen LogP contribution in [0.4, 0.5) is 15.0 Å². The lowest BCUT2D eigenvalue weighted by Crippen LogP contribution is -2.43. The van der Waals surface area contributed by atoms with E-state index >= 15 is 0 Å². The molecule has 0 saturated carbocycles. The summed E-state index contributed by atoms with van der Waals surface area (Å²) in [4.78, 5) is 49.1. The second-order valence-corrected chi connectivity index (χ2v) is 11.6. The minimum absolute atomic E-state index is 0.0197. The highest BCUT2D eigenvalue weighted by Gasteiger charge is 2.36. The van der Waals surface area contributed by atoms with Crippen LogP contribution < -0.4 is 16.9 Å². The summed E-state index contributed by atoms with van der Waals surface area (Å²) in [5.41, 5.74) is 7.65. The maximum atomic E-state index is 13.3. The van der Waals surface area contributed by atoms with Crippen LogP contribution in [0.1, 0.15) is 72.7 Å². The number of rotatable bonds is 6. The molecule has 1 fully saturated rings. The van der Waals surface area contributed by atoms with Crippen LogP contribution in [0.25, 0.3) is 22.4 Å². The van der Waals surface area contributed by atoms with Crippen LogP contribution in [-0.4, -0.2) is 49.6 Å². The predicted molar refractivity (Wildman–Crippen MR) is 163 cm³/mol. The normalized spacial score (nSPS) is 15.1. The number of piperidine rings is 1. The topological polar surface area (TPSA) is 158 Å². The maximum absolute atomic E-state index is 13.3. The van der Waals surface area contributed by atoms with Crippen LogP contribution in [0.5, 0.6) is 0 Å². The summed E-state index contributed by atoms with van der Waals surface area (Å²) in [5, 5.41) is 2.77. The van der Waals surface area contributed by atoms with Crippen molar-refractivity contribution >= 4 is 23.7 Å². The van der Waals surface area contributed by atoms with Gasteiger partial charge in [0.1, 0.15) is 22.9 Å². The highest BCUT2D eigenvalue weighted by molar-refractivity contribution is 6.04. The zero-order valence-electron chi connectivity index (χ0n) is 24.7. The fourth-order valence-electron chi connectivity index (χ4n) is 5.15. The standard InChI is InChI=1S/C32H34FN7O4/c1-32(2,3)44-31(43)39-17-5-4-6-24(39)29-38-26(27(28(34)41)40(29)35)20-7-9-21(10-8-20)30(42)37-25-18-22(15-16-36-25)19-11-13-23(33)14-12-19/h7-16,18,24H,4-6,17,35H2,1-3H3,(H2,34,41)(H,36,37,42). The number of benzene rings is 2. The van der Waals surface area contributed by atoms with E-state index in [-0.39, 0.29) is 17.2 Å². The molecule has 12 heteroatoms. The minimum Gasteiger partial charge on any atom is -0.444 e. The number of nitrogens with two attached hydrogens (primary N) is 2. The van der Waals surface area contributed by atoms with Gasteiger partial charge in [-0.05, 0) is 87.6 Å². The van der Waals surface area contributed by atoms with Gasteiger partial charge < -0.3 is 21.6 Å². The van der Waals surface area contributed by atoms with Crippen LogP contribution in [0.2, 0.25) is 0 Å². The number of halogens is 1. The van der Waals surface area contributed by atoms with Crippen LogP contribution in [0.3, 0.4) is 0 Å². The van der Waals surface area contributed by atoms with E-state index in [2.05, 4.69) is 10.3 Å². The molecule has 0 spiro atoms. The monoisotopic (exact) mass is 599 g/mol. The SMILES string of the molecule is CC(C)(C)OC(=O)N1CCCCC1c1nc(-c2ccc(C(=O)Nc3cc(-c4ccc(F)cc4)ccn3)cc2)c(C(N)=O)n1N. The number of ether oxygens (including phenoxy) is 1. The first-order chi connectivity index (χ1) is 20.9. The van der Waals surface area contributed by atoms with E-state index < -0.39 is 29.6 Å². The molecule has 0 radical (unpaired) electrons. The molecule has 2 aromatic carbocycles. The lowest BCUT2D eigenvalue weighted by molar-refractivity contribution is 0.00821. The molecule has 0 bridgehead atoms. The summed E-state index contributed by atoms with van der Waals surface area (Å²) in [7, 11) is 0. The van der Waals surface area contributed by atoms with Gasteiger partial charge in [0, 0.05) is 23.9 Å². The molecule has 3 amide bonds. The molecule has 228 valence electrons. The Balaban J connectivity index is 1.38. The van der Waals surface area contributed by atoms with Crippen molar-refractivity contribution in [2.24, 2.45) is 5.73 Å². The van der Waals surface area contributed by atoms with Crippen LogP contribution >= 0.6 is 0 Å². The van der Waals surface area contributed by atoms with E-state index in [9.17, 15) is 18.8 Å². The van der Waals surface area contributed by atoms with Gasteiger partial charge in [-0.25, -0.2) is 23.8 Å². The van der Waals surface area contributed by atoms with Crippen molar-refractivity contribution in [2.45, 2.75) is 51.7 Å². The molecule has 4 aromatic rings. The molecule has 1 unspecified atom stereocenters.